The van der Waals surface area contributed by atoms with Crippen molar-refractivity contribution in [3.63, 3.8) is 0 Å². The lowest BCUT2D eigenvalue weighted by molar-refractivity contribution is -0.695. The van der Waals surface area contributed by atoms with E-state index in [-0.39, 0.29) is 11.3 Å². The second-order valence-corrected chi connectivity index (χ2v) is 7.55. The van der Waals surface area contributed by atoms with Gasteiger partial charge in [-0.3, -0.25) is 14.6 Å². The highest BCUT2D eigenvalue weighted by molar-refractivity contribution is 6.46. The number of hydrogen-bond donors (Lipinski definition) is 2. The van der Waals surface area contributed by atoms with Crippen molar-refractivity contribution in [2.75, 3.05) is 6.54 Å². The van der Waals surface area contributed by atoms with Gasteiger partial charge in [0.05, 0.1) is 18.2 Å². The van der Waals surface area contributed by atoms with E-state index >= 15 is 0 Å². The summed E-state index contributed by atoms with van der Waals surface area (Å²) in [6.07, 6.45) is 6.21. The van der Waals surface area contributed by atoms with Crippen LogP contribution in [0.5, 0.6) is 0 Å². The van der Waals surface area contributed by atoms with Crippen molar-refractivity contribution in [3.8, 4) is 0 Å². The van der Waals surface area contributed by atoms with Crippen molar-refractivity contribution >= 4 is 29.1 Å². The van der Waals surface area contributed by atoms with Crippen LogP contribution in [0.15, 0.2) is 78.9 Å². The number of rotatable bonds is 6. The van der Waals surface area contributed by atoms with Gasteiger partial charge in [0, 0.05) is 23.6 Å². The third-order valence-electron chi connectivity index (χ3n) is 5.19. The van der Waals surface area contributed by atoms with E-state index in [0.29, 0.717) is 30.1 Å². The van der Waals surface area contributed by atoms with Crippen LogP contribution in [-0.4, -0.2) is 33.2 Å². The van der Waals surface area contributed by atoms with Crippen molar-refractivity contribution in [1.29, 1.82) is 0 Å². The highest BCUT2D eigenvalue weighted by atomic mass is 35.5. The number of carbonyl (C=O) groups is 2. The summed E-state index contributed by atoms with van der Waals surface area (Å²) in [6, 6.07) is 15.1. The summed E-state index contributed by atoms with van der Waals surface area (Å²) in [7, 11) is 0. The van der Waals surface area contributed by atoms with E-state index in [0.717, 1.165) is 5.56 Å². The first-order chi connectivity index (χ1) is 14.6. The van der Waals surface area contributed by atoms with Crippen molar-refractivity contribution < 1.29 is 19.3 Å². The molecule has 1 aromatic heterocycles. The number of aliphatic hydroxyl groups excluding tert-OH is 1. The zero-order valence-electron chi connectivity index (χ0n) is 16.2. The van der Waals surface area contributed by atoms with Crippen LogP contribution in [-0.2, 0) is 16.1 Å². The smallest absolute Gasteiger partial charge is 0.295 e. The Morgan fingerprint density at radius 1 is 1.10 bits per heavy atom. The molecule has 30 heavy (non-hydrogen) atoms. The fourth-order valence-corrected chi connectivity index (χ4v) is 3.86. The van der Waals surface area contributed by atoms with Crippen LogP contribution in [0.25, 0.3) is 5.76 Å². The molecule has 0 aliphatic carbocycles. The first kappa shape index (κ1) is 19.9. The fraction of sp³-hybridized carbons (Fsp3) is 0.174. The molecule has 2 aromatic carbocycles. The number of amides is 1. The van der Waals surface area contributed by atoms with Crippen molar-refractivity contribution in [3.05, 3.63) is 95.0 Å². The number of imidazole rings is 1. The number of nitrogens with one attached hydrogen (secondary N) is 1. The Morgan fingerprint density at radius 3 is 2.50 bits per heavy atom. The largest absolute Gasteiger partial charge is 0.507 e. The van der Waals surface area contributed by atoms with Gasteiger partial charge in [0.15, 0.2) is 0 Å². The Kier molecular flexibility index (Phi) is 5.68. The fourth-order valence-electron chi connectivity index (χ4n) is 3.74. The number of aromatic amines is 1. The molecule has 6 nitrogen and oxygen atoms in total. The first-order valence-corrected chi connectivity index (χ1v) is 10.0. The number of carbonyl (C=O) groups excluding carboxylic acids is 2. The van der Waals surface area contributed by atoms with E-state index in [1.54, 1.807) is 48.5 Å². The predicted octanol–water partition coefficient (Wildman–Crippen LogP) is 3.47. The molecular formula is C23H21ClN3O3+. The minimum absolute atomic E-state index is 0.0998. The molecule has 0 bridgehead atoms. The van der Waals surface area contributed by atoms with Gasteiger partial charge in [-0.05, 0) is 17.7 Å². The van der Waals surface area contributed by atoms with Gasteiger partial charge in [-0.15, -0.1) is 0 Å². The summed E-state index contributed by atoms with van der Waals surface area (Å²) in [6.45, 7) is 1.07. The molecule has 4 rings (SSSR count). The normalized spacial score (nSPS) is 18.2. The summed E-state index contributed by atoms with van der Waals surface area (Å²) in [5.74, 6) is -1.45. The zero-order chi connectivity index (χ0) is 21.1. The van der Waals surface area contributed by atoms with Gasteiger partial charge in [0.25, 0.3) is 11.7 Å². The predicted molar refractivity (Wildman–Crippen MR) is 113 cm³/mol. The number of hydrogen-bond acceptors (Lipinski definition) is 3. The molecular weight excluding hydrogens is 402 g/mol. The monoisotopic (exact) mass is 422 g/mol. The standard InChI is InChI=1S/C23H20ClN3O3/c24-18-9-7-16(8-10-18)20-19(21(28)17-5-2-1-3-6-17)22(29)23(30)27(20)13-4-12-26-14-11-25-15-26/h1-3,5-11,14-15,20H,4,12-13H2,(H,28,29)/p+1. The van der Waals surface area contributed by atoms with Crippen LogP contribution in [0.1, 0.15) is 23.6 Å². The van der Waals surface area contributed by atoms with Gasteiger partial charge >= 0.3 is 0 Å². The van der Waals surface area contributed by atoms with Crippen LogP contribution >= 0.6 is 11.6 Å². The first-order valence-electron chi connectivity index (χ1n) is 9.67. The third kappa shape index (κ3) is 3.86. The van der Waals surface area contributed by atoms with E-state index in [1.165, 1.54) is 4.90 Å². The highest BCUT2D eigenvalue weighted by Gasteiger charge is 2.45. The van der Waals surface area contributed by atoms with E-state index in [1.807, 2.05) is 29.4 Å². The van der Waals surface area contributed by atoms with Crippen LogP contribution in [0, 0.1) is 0 Å². The number of benzene rings is 2. The molecule has 3 aromatic rings. The molecule has 1 amide bonds. The van der Waals surface area contributed by atoms with Crippen LogP contribution in [0.2, 0.25) is 5.02 Å². The topological polar surface area (TPSA) is 77.3 Å². The maximum atomic E-state index is 12.9. The maximum absolute atomic E-state index is 12.9. The molecule has 1 fully saturated rings. The molecule has 0 saturated carbocycles. The summed E-state index contributed by atoms with van der Waals surface area (Å²) in [5, 5.41) is 11.5. The quantitative estimate of drug-likeness (QED) is 0.276. The summed E-state index contributed by atoms with van der Waals surface area (Å²) in [5.41, 5.74) is 1.32. The minimum atomic E-state index is -0.675. The van der Waals surface area contributed by atoms with Crippen molar-refractivity contribution in [2.24, 2.45) is 0 Å². The second-order valence-electron chi connectivity index (χ2n) is 7.11. The molecule has 152 valence electrons. The lowest BCUT2D eigenvalue weighted by atomic mass is 9.95. The SMILES string of the molecule is O=C1C(=O)N(CCC[n+]2cc[nH]c2)C(c2ccc(Cl)cc2)C1=C(O)c1ccccc1. The van der Waals surface area contributed by atoms with E-state index in [9.17, 15) is 14.7 Å². The number of H-pyrrole nitrogens is 1. The molecule has 1 aliphatic heterocycles. The number of halogens is 1. The number of aromatic nitrogens is 2. The molecule has 1 saturated heterocycles. The Labute approximate surface area is 179 Å². The average molecular weight is 423 g/mol. The molecule has 0 radical (unpaired) electrons. The molecule has 2 heterocycles. The van der Waals surface area contributed by atoms with Gasteiger partial charge in [0.2, 0.25) is 6.33 Å². The molecule has 1 atom stereocenters. The maximum Gasteiger partial charge on any atom is 0.295 e. The van der Waals surface area contributed by atoms with Gasteiger partial charge < -0.3 is 10.0 Å². The molecule has 2 N–H and O–H groups in total. The number of aryl methyl sites for hydroxylation is 1. The molecule has 7 heteroatoms. The zero-order valence-corrected chi connectivity index (χ0v) is 16.9. The number of ketones is 1. The van der Waals surface area contributed by atoms with Gasteiger partial charge in [0.1, 0.15) is 18.2 Å². The van der Waals surface area contributed by atoms with Crippen molar-refractivity contribution in [1.82, 2.24) is 9.88 Å². The summed E-state index contributed by atoms with van der Waals surface area (Å²) < 4.78 is 1.97. The van der Waals surface area contributed by atoms with Gasteiger partial charge in [-0.1, -0.05) is 54.1 Å². The molecule has 0 spiro atoms. The number of aliphatic hydroxyl groups is 1. The van der Waals surface area contributed by atoms with E-state index in [2.05, 4.69) is 4.98 Å². The Morgan fingerprint density at radius 2 is 1.83 bits per heavy atom. The summed E-state index contributed by atoms with van der Waals surface area (Å²) in [4.78, 5) is 30.3. The lowest BCUT2D eigenvalue weighted by Gasteiger charge is -2.25. The molecule has 1 unspecified atom stereocenters. The second kappa shape index (κ2) is 8.55. The number of Topliss-reactive ketones (excluding diaryl/α,β-unsaturated/α-hetero) is 1. The minimum Gasteiger partial charge on any atom is -0.507 e. The number of nitrogens with zero attached hydrogens (tertiary/aromatic N) is 2. The van der Waals surface area contributed by atoms with E-state index in [4.69, 9.17) is 11.6 Å². The van der Waals surface area contributed by atoms with Crippen molar-refractivity contribution in [2.45, 2.75) is 19.0 Å². The van der Waals surface area contributed by atoms with Crippen LogP contribution < -0.4 is 4.57 Å². The van der Waals surface area contributed by atoms with Gasteiger partial charge in [-0.25, -0.2) is 4.57 Å². The van der Waals surface area contributed by atoms with Crippen LogP contribution in [0.4, 0.5) is 0 Å². The Hall–Kier alpha value is -3.38. The Bertz CT molecular complexity index is 1080. The van der Waals surface area contributed by atoms with Gasteiger partial charge in [-0.2, -0.15) is 0 Å². The van der Waals surface area contributed by atoms with E-state index < -0.39 is 17.7 Å². The Balaban J connectivity index is 1.72. The average Bonchev–Trinajstić information content (AvgIpc) is 3.37. The lowest BCUT2D eigenvalue weighted by Crippen LogP contribution is -2.36. The van der Waals surface area contributed by atoms with Crippen LogP contribution in [0.3, 0.4) is 0 Å². The third-order valence-corrected chi connectivity index (χ3v) is 5.44. The molecule has 1 aliphatic rings. The number of likely N-dealkylation sites (tertiary alicyclic amines) is 1. The summed E-state index contributed by atoms with van der Waals surface area (Å²) >= 11 is 6.03. The highest BCUT2D eigenvalue weighted by Crippen LogP contribution is 2.39.